The van der Waals surface area contributed by atoms with Crippen LogP contribution < -0.4 is 10.6 Å². The highest BCUT2D eigenvalue weighted by Crippen LogP contribution is 2.15. The number of H-pyrrole nitrogens is 1. The topological polar surface area (TPSA) is 120 Å². The van der Waals surface area contributed by atoms with E-state index in [0.717, 1.165) is 15.9 Å². The summed E-state index contributed by atoms with van der Waals surface area (Å²) in [7, 11) is 0. The number of benzene rings is 1. The number of carbonyl (C=O) groups excluding carboxylic acids is 3. The minimum Gasteiger partial charge on any atom is -0.467 e. The third-order valence-corrected chi connectivity index (χ3v) is 4.55. The molecule has 4 rings (SSSR count). The van der Waals surface area contributed by atoms with Gasteiger partial charge in [0.1, 0.15) is 17.6 Å². The first-order valence-corrected chi connectivity index (χ1v) is 8.95. The zero-order chi connectivity index (χ0) is 19.5. The van der Waals surface area contributed by atoms with Crippen LogP contribution in [0.2, 0.25) is 0 Å². The number of urea groups is 1. The van der Waals surface area contributed by atoms with Gasteiger partial charge in [-0.1, -0.05) is 12.1 Å². The molecule has 0 bridgehead atoms. The number of nitrogens with zero attached hydrogens (tertiary/aromatic N) is 2. The zero-order valence-corrected chi connectivity index (χ0v) is 15.0. The molecule has 2 aromatic heterocycles. The van der Waals surface area contributed by atoms with Crippen molar-refractivity contribution in [1.82, 2.24) is 25.5 Å². The number of imidazole rings is 1. The fourth-order valence-corrected chi connectivity index (χ4v) is 3.12. The number of para-hydroxylation sites is 2. The lowest BCUT2D eigenvalue weighted by atomic mass is 10.1. The number of hydrogen-bond acceptors (Lipinski definition) is 5. The molecule has 1 atom stereocenters. The second-order valence-electron chi connectivity index (χ2n) is 6.52. The van der Waals surface area contributed by atoms with Crippen molar-refractivity contribution in [2.75, 3.05) is 0 Å². The number of nitrogens with one attached hydrogen (secondary N) is 3. The second kappa shape index (κ2) is 7.55. The van der Waals surface area contributed by atoms with Crippen molar-refractivity contribution in [3.63, 3.8) is 0 Å². The Kier molecular flexibility index (Phi) is 4.79. The van der Waals surface area contributed by atoms with Crippen molar-refractivity contribution < 1.29 is 18.8 Å². The summed E-state index contributed by atoms with van der Waals surface area (Å²) < 4.78 is 5.17. The van der Waals surface area contributed by atoms with E-state index >= 15 is 0 Å². The molecular weight excluding hydrogens is 362 g/mol. The van der Waals surface area contributed by atoms with Gasteiger partial charge < -0.3 is 20.0 Å². The Morgan fingerprint density at radius 3 is 2.86 bits per heavy atom. The molecular formula is C19H19N5O4. The lowest BCUT2D eigenvalue weighted by Gasteiger charge is -2.11. The SMILES string of the molecule is O=C(CCC1NC(=O)N(Cc2ccco2)C1=O)NCc1nc2ccccc2[nH]1. The number of carbonyl (C=O) groups is 3. The molecule has 4 amide bonds. The summed E-state index contributed by atoms with van der Waals surface area (Å²) in [6.07, 6.45) is 1.83. The fourth-order valence-electron chi connectivity index (χ4n) is 3.12. The Labute approximate surface area is 160 Å². The van der Waals surface area contributed by atoms with Crippen LogP contribution in [0.1, 0.15) is 24.4 Å². The molecule has 3 aromatic rings. The normalized spacial score (nSPS) is 16.6. The smallest absolute Gasteiger partial charge is 0.325 e. The largest absolute Gasteiger partial charge is 0.467 e. The van der Waals surface area contributed by atoms with E-state index in [4.69, 9.17) is 4.42 Å². The van der Waals surface area contributed by atoms with Crippen LogP contribution >= 0.6 is 0 Å². The molecule has 9 heteroatoms. The van der Waals surface area contributed by atoms with E-state index in [0.29, 0.717) is 11.6 Å². The van der Waals surface area contributed by atoms with E-state index in [1.807, 2.05) is 24.3 Å². The van der Waals surface area contributed by atoms with Crippen molar-refractivity contribution in [3.05, 3.63) is 54.2 Å². The van der Waals surface area contributed by atoms with Gasteiger partial charge in [-0.25, -0.2) is 9.78 Å². The van der Waals surface area contributed by atoms with Crippen LogP contribution in [0.15, 0.2) is 47.1 Å². The Hall–Kier alpha value is -3.62. The van der Waals surface area contributed by atoms with Gasteiger partial charge in [0.05, 0.1) is 30.4 Å². The third-order valence-electron chi connectivity index (χ3n) is 4.55. The monoisotopic (exact) mass is 381 g/mol. The molecule has 144 valence electrons. The van der Waals surface area contributed by atoms with Crippen molar-refractivity contribution in [2.45, 2.75) is 32.0 Å². The van der Waals surface area contributed by atoms with Crippen LogP contribution in [0.25, 0.3) is 11.0 Å². The zero-order valence-electron chi connectivity index (χ0n) is 15.0. The first kappa shape index (κ1) is 17.8. The Bertz CT molecular complexity index is 977. The van der Waals surface area contributed by atoms with Crippen LogP contribution in [-0.4, -0.2) is 38.8 Å². The minimum atomic E-state index is -0.709. The van der Waals surface area contributed by atoms with Gasteiger partial charge in [-0.15, -0.1) is 0 Å². The number of fused-ring (bicyclic) bond motifs is 1. The summed E-state index contributed by atoms with van der Waals surface area (Å²) in [6, 6.07) is 9.81. The highest BCUT2D eigenvalue weighted by Gasteiger charge is 2.38. The van der Waals surface area contributed by atoms with Gasteiger partial charge in [0.15, 0.2) is 0 Å². The number of amides is 4. The Morgan fingerprint density at radius 1 is 1.21 bits per heavy atom. The van der Waals surface area contributed by atoms with Crippen molar-refractivity contribution in [2.24, 2.45) is 0 Å². The summed E-state index contributed by atoms with van der Waals surface area (Å²) in [4.78, 5) is 45.1. The van der Waals surface area contributed by atoms with Gasteiger partial charge in [-0.05, 0) is 30.7 Å². The van der Waals surface area contributed by atoms with Crippen LogP contribution in [0.5, 0.6) is 0 Å². The van der Waals surface area contributed by atoms with Crippen molar-refractivity contribution in [1.29, 1.82) is 0 Å². The van der Waals surface area contributed by atoms with E-state index < -0.39 is 12.1 Å². The molecule has 1 saturated heterocycles. The molecule has 3 N–H and O–H groups in total. The van der Waals surface area contributed by atoms with E-state index in [1.165, 1.54) is 6.26 Å². The predicted molar refractivity (Wildman–Crippen MR) is 98.8 cm³/mol. The predicted octanol–water partition coefficient (Wildman–Crippen LogP) is 1.67. The molecule has 1 fully saturated rings. The number of furan rings is 1. The van der Waals surface area contributed by atoms with Gasteiger partial charge in [0.2, 0.25) is 5.91 Å². The Balaban J connectivity index is 1.26. The maximum absolute atomic E-state index is 12.4. The lowest BCUT2D eigenvalue weighted by Crippen LogP contribution is -2.32. The van der Waals surface area contributed by atoms with Gasteiger partial charge >= 0.3 is 6.03 Å². The second-order valence-corrected chi connectivity index (χ2v) is 6.52. The number of imide groups is 1. The summed E-state index contributed by atoms with van der Waals surface area (Å²) in [5.74, 6) is 0.607. The molecule has 0 radical (unpaired) electrons. The number of aromatic nitrogens is 2. The van der Waals surface area contributed by atoms with E-state index in [-0.39, 0.29) is 37.7 Å². The van der Waals surface area contributed by atoms with Crippen LogP contribution in [0.3, 0.4) is 0 Å². The van der Waals surface area contributed by atoms with Gasteiger partial charge in [0, 0.05) is 6.42 Å². The summed E-state index contributed by atoms with van der Waals surface area (Å²) in [5.41, 5.74) is 1.74. The average molecular weight is 381 g/mol. The van der Waals surface area contributed by atoms with E-state index in [2.05, 4.69) is 20.6 Å². The van der Waals surface area contributed by atoms with Crippen LogP contribution in [-0.2, 0) is 22.7 Å². The number of hydrogen-bond donors (Lipinski definition) is 3. The number of rotatable bonds is 7. The van der Waals surface area contributed by atoms with Gasteiger partial charge in [-0.3, -0.25) is 14.5 Å². The van der Waals surface area contributed by atoms with E-state index in [9.17, 15) is 14.4 Å². The fraction of sp³-hybridized carbons (Fsp3) is 0.263. The molecule has 0 spiro atoms. The highest BCUT2D eigenvalue weighted by atomic mass is 16.3. The van der Waals surface area contributed by atoms with Gasteiger partial charge in [-0.2, -0.15) is 0 Å². The summed E-state index contributed by atoms with van der Waals surface area (Å²) >= 11 is 0. The lowest BCUT2D eigenvalue weighted by molar-refractivity contribution is -0.128. The molecule has 3 heterocycles. The molecule has 28 heavy (non-hydrogen) atoms. The summed E-state index contributed by atoms with van der Waals surface area (Å²) in [6.45, 7) is 0.343. The van der Waals surface area contributed by atoms with Gasteiger partial charge in [0.25, 0.3) is 5.91 Å². The molecule has 1 aliphatic rings. The van der Waals surface area contributed by atoms with Crippen LogP contribution in [0.4, 0.5) is 4.79 Å². The average Bonchev–Trinajstić information content (AvgIpc) is 3.40. The van der Waals surface area contributed by atoms with E-state index in [1.54, 1.807) is 12.1 Å². The van der Waals surface area contributed by atoms with Crippen molar-refractivity contribution >= 4 is 28.9 Å². The first-order chi connectivity index (χ1) is 13.6. The van der Waals surface area contributed by atoms with Crippen molar-refractivity contribution in [3.8, 4) is 0 Å². The van der Waals surface area contributed by atoms with Crippen LogP contribution in [0, 0.1) is 0 Å². The Morgan fingerprint density at radius 2 is 2.07 bits per heavy atom. The quantitative estimate of drug-likeness (QED) is 0.538. The minimum absolute atomic E-state index is 0.0758. The molecule has 1 unspecified atom stereocenters. The maximum Gasteiger partial charge on any atom is 0.325 e. The molecule has 1 aliphatic heterocycles. The number of aromatic amines is 1. The maximum atomic E-state index is 12.4. The standard InChI is InChI=1S/C19H19N5O4/c25-17(20-10-16-21-13-5-1-2-6-14(13)22-16)8-7-15-18(26)24(19(27)23-15)11-12-4-3-9-28-12/h1-6,9,15H,7-8,10-11H2,(H,20,25)(H,21,22)(H,23,27). The highest BCUT2D eigenvalue weighted by molar-refractivity contribution is 6.04. The summed E-state index contributed by atoms with van der Waals surface area (Å²) in [5, 5.41) is 5.38. The molecule has 1 aromatic carbocycles. The molecule has 9 nitrogen and oxygen atoms in total. The molecule has 0 aliphatic carbocycles. The molecule has 0 saturated carbocycles. The first-order valence-electron chi connectivity index (χ1n) is 8.95. The third kappa shape index (κ3) is 3.73.